The largest absolute Gasteiger partial charge is 0.384 e. The average Bonchev–Trinajstić information content (AvgIpc) is 2.29. The number of hydrogen-bond donors (Lipinski definition) is 1. The topological polar surface area (TPSA) is 53.1 Å². The number of ether oxygens (including phenoxy) is 1. The number of fused-ring (bicyclic) bond motifs is 1. The van der Waals surface area contributed by atoms with Crippen molar-refractivity contribution in [3.8, 4) is 0 Å². The van der Waals surface area contributed by atoms with Gasteiger partial charge in [-0.2, -0.15) is 0 Å². The molecular weight excluding hydrogens is 222 g/mol. The van der Waals surface area contributed by atoms with Crippen molar-refractivity contribution in [3.63, 3.8) is 0 Å². The summed E-state index contributed by atoms with van der Waals surface area (Å²) in [5, 5.41) is 0.923. The van der Waals surface area contributed by atoms with E-state index >= 15 is 0 Å². The minimum absolute atomic E-state index is 0.494. The van der Waals surface area contributed by atoms with Gasteiger partial charge in [-0.1, -0.05) is 12.1 Å². The van der Waals surface area contributed by atoms with Crippen LogP contribution in [0.3, 0.4) is 0 Å². The number of nitrogens with zero attached hydrogens (tertiary/aromatic N) is 2. The molecule has 0 fully saturated rings. The predicted octanol–water partition coefficient (Wildman–Crippen LogP) is 1.99. The van der Waals surface area contributed by atoms with Crippen LogP contribution < -0.4 is 5.73 Å². The molecule has 0 atom stereocenters. The predicted molar refractivity (Wildman–Crippen MR) is 66.9 cm³/mol. The number of aromatic nitrogens is 2. The van der Waals surface area contributed by atoms with E-state index in [4.69, 9.17) is 22.7 Å². The number of methoxy groups -OCH3 is 1. The zero-order chi connectivity index (χ0) is 11.5. The van der Waals surface area contributed by atoms with E-state index in [1.807, 2.05) is 24.3 Å². The van der Waals surface area contributed by atoms with E-state index in [2.05, 4.69) is 4.98 Å². The molecule has 0 saturated carbocycles. The fraction of sp³-hybridized carbons (Fsp3) is 0.273. The SMILES string of the molecule is COCCn1c(N)c2ccccc2nc1=S. The molecule has 1 heterocycles. The van der Waals surface area contributed by atoms with Gasteiger partial charge in [0.1, 0.15) is 5.82 Å². The maximum atomic E-state index is 6.06. The van der Waals surface area contributed by atoms with Gasteiger partial charge in [-0.05, 0) is 24.4 Å². The normalized spacial score (nSPS) is 10.8. The monoisotopic (exact) mass is 235 g/mol. The molecule has 0 aliphatic heterocycles. The van der Waals surface area contributed by atoms with Crippen molar-refractivity contribution >= 4 is 28.9 Å². The molecule has 5 heteroatoms. The Morgan fingerprint density at radius 2 is 2.19 bits per heavy atom. The Balaban J connectivity index is 2.61. The van der Waals surface area contributed by atoms with Gasteiger partial charge in [0.25, 0.3) is 0 Å². The van der Waals surface area contributed by atoms with Gasteiger partial charge < -0.3 is 15.0 Å². The van der Waals surface area contributed by atoms with Gasteiger partial charge in [0.2, 0.25) is 4.77 Å². The number of anilines is 1. The number of benzene rings is 1. The van der Waals surface area contributed by atoms with E-state index in [0.29, 0.717) is 23.7 Å². The Labute approximate surface area is 98.7 Å². The molecular formula is C11H13N3OS. The summed E-state index contributed by atoms with van der Waals surface area (Å²) in [6.45, 7) is 1.19. The summed E-state index contributed by atoms with van der Waals surface area (Å²) in [5.41, 5.74) is 6.89. The maximum absolute atomic E-state index is 6.06. The van der Waals surface area contributed by atoms with Gasteiger partial charge in [-0.3, -0.25) is 0 Å². The number of nitrogens with two attached hydrogens (primary N) is 1. The minimum Gasteiger partial charge on any atom is -0.384 e. The lowest BCUT2D eigenvalue weighted by Gasteiger charge is -2.11. The summed E-state index contributed by atoms with van der Waals surface area (Å²) >= 11 is 5.20. The van der Waals surface area contributed by atoms with Crippen molar-refractivity contribution in [2.45, 2.75) is 6.54 Å². The first kappa shape index (κ1) is 11.0. The van der Waals surface area contributed by atoms with E-state index in [-0.39, 0.29) is 0 Å². The molecule has 0 saturated heterocycles. The maximum Gasteiger partial charge on any atom is 0.201 e. The molecule has 16 heavy (non-hydrogen) atoms. The van der Waals surface area contributed by atoms with Crippen molar-refractivity contribution in [1.82, 2.24) is 9.55 Å². The molecule has 0 amide bonds. The lowest BCUT2D eigenvalue weighted by molar-refractivity contribution is 0.187. The second kappa shape index (κ2) is 4.59. The van der Waals surface area contributed by atoms with Crippen LogP contribution in [0.1, 0.15) is 0 Å². The summed E-state index contributed by atoms with van der Waals surface area (Å²) < 4.78 is 7.30. The van der Waals surface area contributed by atoms with E-state index in [1.54, 1.807) is 11.7 Å². The van der Waals surface area contributed by atoms with Crippen LogP contribution >= 0.6 is 12.2 Å². The number of hydrogen-bond acceptors (Lipinski definition) is 4. The highest BCUT2D eigenvalue weighted by Crippen LogP contribution is 2.18. The van der Waals surface area contributed by atoms with Crippen molar-refractivity contribution in [2.24, 2.45) is 0 Å². The van der Waals surface area contributed by atoms with Crippen LogP contribution in [0.2, 0.25) is 0 Å². The third-order valence-corrected chi connectivity index (χ3v) is 2.75. The van der Waals surface area contributed by atoms with E-state index in [1.165, 1.54) is 0 Å². The van der Waals surface area contributed by atoms with Crippen LogP contribution in [0.25, 0.3) is 10.9 Å². The van der Waals surface area contributed by atoms with Crippen molar-refractivity contribution in [2.75, 3.05) is 19.5 Å². The van der Waals surface area contributed by atoms with Crippen LogP contribution in [0.4, 0.5) is 5.82 Å². The Bertz CT molecular complexity index is 565. The second-order valence-electron chi connectivity index (χ2n) is 3.44. The van der Waals surface area contributed by atoms with Crippen LogP contribution in [-0.2, 0) is 11.3 Å². The highest BCUT2D eigenvalue weighted by atomic mass is 32.1. The third-order valence-electron chi connectivity index (χ3n) is 2.44. The molecule has 0 aliphatic carbocycles. The second-order valence-corrected chi connectivity index (χ2v) is 3.81. The van der Waals surface area contributed by atoms with E-state index in [0.717, 1.165) is 10.9 Å². The van der Waals surface area contributed by atoms with Gasteiger partial charge in [0, 0.05) is 12.5 Å². The number of nitrogen functional groups attached to an aromatic ring is 1. The fourth-order valence-electron chi connectivity index (χ4n) is 1.60. The van der Waals surface area contributed by atoms with Gasteiger partial charge in [0.15, 0.2) is 0 Å². The average molecular weight is 235 g/mol. The summed E-state index contributed by atoms with van der Waals surface area (Å²) in [6.07, 6.45) is 0. The molecule has 1 aromatic heterocycles. The number of para-hydroxylation sites is 1. The highest BCUT2D eigenvalue weighted by molar-refractivity contribution is 7.71. The standard InChI is InChI=1S/C11H13N3OS/c1-15-7-6-14-10(12)8-4-2-3-5-9(8)13-11(14)16/h2-5H,6-7,12H2,1H3. The lowest BCUT2D eigenvalue weighted by atomic mass is 10.2. The van der Waals surface area contributed by atoms with Gasteiger partial charge in [-0.25, -0.2) is 4.98 Å². The molecule has 84 valence electrons. The Morgan fingerprint density at radius 1 is 1.44 bits per heavy atom. The molecule has 1 aromatic carbocycles. The Kier molecular flexibility index (Phi) is 3.17. The molecule has 2 aromatic rings. The molecule has 4 nitrogen and oxygen atoms in total. The Morgan fingerprint density at radius 3 is 2.94 bits per heavy atom. The van der Waals surface area contributed by atoms with Crippen LogP contribution in [0.15, 0.2) is 24.3 Å². The summed E-state index contributed by atoms with van der Waals surface area (Å²) in [5.74, 6) is 0.646. The molecule has 0 radical (unpaired) electrons. The zero-order valence-electron chi connectivity index (χ0n) is 9.01. The van der Waals surface area contributed by atoms with Gasteiger partial charge in [-0.15, -0.1) is 0 Å². The van der Waals surface area contributed by atoms with Crippen LogP contribution in [0, 0.1) is 4.77 Å². The molecule has 0 spiro atoms. The minimum atomic E-state index is 0.494. The molecule has 0 bridgehead atoms. The first-order valence-electron chi connectivity index (χ1n) is 4.98. The third kappa shape index (κ3) is 1.91. The van der Waals surface area contributed by atoms with Crippen LogP contribution in [-0.4, -0.2) is 23.3 Å². The first-order valence-corrected chi connectivity index (χ1v) is 5.39. The molecule has 2 N–H and O–H groups in total. The van der Waals surface area contributed by atoms with Crippen molar-refractivity contribution in [1.29, 1.82) is 0 Å². The molecule has 0 aliphatic rings. The molecule has 0 unspecified atom stereocenters. The quantitative estimate of drug-likeness (QED) is 0.827. The van der Waals surface area contributed by atoms with Gasteiger partial charge >= 0.3 is 0 Å². The lowest BCUT2D eigenvalue weighted by Crippen LogP contribution is -2.12. The zero-order valence-corrected chi connectivity index (χ0v) is 9.83. The van der Waals surface area contributed by atoms with E-state index in [9.17, 15) is 0 Å². The summed E-state index contributed by atoms with van der Waals surface area (Å²) in [6, 6.07) is 7.70. The van der Waals surface area contributed by atoms with Crippen molar-refractivity contribution < 1.29 is 4.74 Å². The Hall–Kier alpha value is -1.46. The van der Waals surface area contributed by atoms with Crippen LogP contribution in [0.5, 0.6) is 0 Å². The summed E-state index contributed by atoms with van der Waals surface area (Å²) in [7, 11) is 1.65. The van der Waals surface area contributed by atoms with E-state index < -0.39 is 0 Å². The molecule has 2 rings (SSSR count). The first-order chi connectivity index (χ1) is 7.74. The number of rotatable bonds is 3. The van der Waals surface area contributed by atoms with Gasteiger partial charge in [0.05, 0.1) is 18.7 Å². The smallest absolute Gasteiger partial charge is 0.201 e. The highest BCUT2D eigenvalue weighted by Gasteiger charge is 2.05. The fourth-order valence-corrected chi connectivity index (χ4v) is 1.89. The summed E-state index contributed by atoms with van der Waals surface area (Å²) in [4.78, 5) is 4.33. The van der Waals surface area contributed by atoms with Crippen molar-refractivity contribution in [3.05, 3.63) is 29.0 Å².